The first-order valence-corrected chi connectivity index (χ1v) is 9.58. The number of benzene rings is 3. The van der Waals surface area contributed by atoms with Gasteiger partial charge in [0.2, 0.25) is 0 Å². The fourth-order valence-corrected chi connectivity index (χ4v) is 2.64. The van der Waals surface area contributed by atoms with Crippen LogP contribution in [0.4, 0.5) is 16.2 Å². The molecular weight excluding hydrogens is 380 g/mol. The molecule has 30 heavy (non-hydrogen) atoms. The van der Waals surface area contributed by atoms with Crippen LogP contribution in [0.3, 0.4) is 0 Å². The van der Waals surface area contributed by atoms with E-state index >= 15 is 0 Å². The number of ether oxygens (including phenoxy) is 3. The lowest BCUT2D eigenvalue weighted by molar-refractivity contribution is 0.0589. The first kappa shape index (κ1) is 21.0. The molecule has 0 heterocycles. The van der Waals surface area contributed by atoms with Crippen molar-refractivity contribution >= 4 is 17.5 Å². The number of para-hydroxylation sites is 1. The van der Waals surface area contributed by atoms with E-state index in [-0.39, 0.29) is 0 Å². The highest BCUT2D eigenvalue weighted by atomic mass is 16.6. The van der Waals surface area contributed by atoms with E-state index in [0.29, 0.717) is 28.6 Å². The van der Waals surface area contributed by atoms with E-state index in [2.05, 4.69) is 0 Å². The minimum atomic E-state index is -0.599. The van der Waals surface area contributed by atoms with Gasteiger partial charge in [-0.25, -0.2) is 4.79 Å². The molecule has 3 aromatic rings. The van der Waals surface area contributed by atoms with Crippen LogP contribution in [0.1, 0.15) is 20.8 Å². The Morgan fingerprint density at radius 1 is 0.800 bits per heavy atom. The lowest BCUT2D eigenvalue weighted by Crippen LogP contribution is -2.34. The summed E-state index contributed by atoms with van der Waals surface area (Å²) in [5, 5.41) is 0. The van der Waals surface area contributed by atoms with Gasteiger partial charge in [-0.2, -0.15) is 0 Å². The molecule has 0 radical (unpaired) electrons. The minimum Gasteiger partial charge on any atom is -0.457 e. The number of nitrogens with two attached hydrogens (primary N) is 1. The minimum absolute atomic E-state index is 0.447. The molecule has 0 aliphatic rings. The van der Waals surface area contributed by atoms with E-state index in [4.69, 9.17) is 19.9 Å². The molecule has 0 atom stereocenters. The molecule has 0 aliphatic carbocycles. The second kappa shape index (κ2) is 8.78. The Kier molecular flexibility index (Phi) is 6.16. The molecule has 0 aliphatic heterocycles. The van der Waals surface area contributed by atoms with Gasteiger partial charge < -0.3 is 19.9 Å². The lowest BCUT2D eigenvalue weighted by Gasteiger charge is -2.25. The maximum atomic E-state index is 12.4. The van der Waals surface area contributed by atoms with E-state index in [0.717, 1.165) is 5.75 Å². The van der Waals surface area contributed by atoms with E-state index in [1.54, 1.807) is 25.2 Å². The summed E-state index contributed by atoms with van der Waals surface area (Å²) in [7, 11) is 1.61. The van der Waals surface area contributed by atoms with Gasteiger partial charge in [0, 0.05) is 13.1 Å². The van der Waals surface area contributed by atoms with Crippen LogP contribution in [0.5, 0.6) is 23.0 Å². The second-order valence-corrected chi connectivity index (χ2v) is 7.75. The van der Waals surface area contributed by atoms with Gasteiger partial charge in [-0.1, -0.05) is 18.2 Å². The molecule has 6 heteroatoms. The summed E-state index contributed by atoms with van der Waals surface area (Å²) in [5.41, 5.74) is 6.41. The number of amides is 1. The number of rotatable bonds is 5. The predicted molar refractivity (Wildman–Crippen MR) is 119 cm³/mol. The third-order valence-corrected chi connectivity index (χ3v) is 4.07. The SMILES string of the molecule is CN(C(=O)OC(C)(C)C)c1cc(Oc2ccc(Oc3ccccc3)cc2)ccc1N. The highest BCUT2D eigenvalue weighted by Gasteiger charge is 2.22. The predicted octanol–water partition coefficient (Wildman–Crippen LogP) is 6.22. The van der Waals surface area contributed by atoms with Gasteiger partial charge >= 0.3 is 6.09 Å². The molecule has 0 fully saturated rings. The number of carbonyl (C=O) groups excluding carboxylic acids is 1. The Morgan fingerprint density at radius 3 is 1.87 bits per heavy atom. The maximum Gasteiger partial charge on any atom is 0.414 e. The second-order valence-electron chi connectivity index (χ2n) is 7.75. The van der Waals surface area contributed by atoms with Gasteiger partial charge in [-0.15, -0.1) is 0 Å². The summed E-state index contributed by atoms with van der Waals surface area (Å²) in [6, 6.07) is 22.0. The lowest BCUT2D eigenvalue weighted by atomic mass is 10.2. The number of nitrogens with zero attached hydrogens (tertiary/aromatic N) is 1. The van der Waals surface area contributed by atoms with Gasteiger partial charge in [0.25, 0.3) is 0 Å². The zero-order valence-electron chi connectivity index (χ0n) is 17.6. The number of hydrogen-bond acceptors (Lipinski definition) is 5. The van der Waals surface area contributed by atoms with Gasteiger partial charge in [-0.05, 0) is 69.3 Å². The van der Waals surface area contributed by atoms with Crippen LogP contribution in [0, 0.1) is 0 Å². The standard InChI is InChI=1S/C24H26N2O4/c1-24(2,3)30-23(27)26(4)22-16-20(14-15-21(22)25)29-19-12-10-18(11-13-19)28-17-8-6-5-7-9-17/h5-16H,25H2,1-4H3. The zero-order valence-corrected chi connectivity index (χ0v) is 17.6. The smallest absolute Gasteiger partial charge is 0.414 e. The molecule has 3 aromatic carbocycles. The van der Waals surface area contributed by atoms with Crippen LogP contribution in [-0.4, -0.2) is 18.7 Å². The summed E-state index contributed by atoms with van der Waals surface area (Å²) in [5.74, 6) is 2.65. The van der Waals surface area contributed by atoms with Crippen LogP contribution < -0.4 is 20.1 Å². The zero-order chi connectivity index (χ0) is 21.7. The van der Waals surface area contributed by atoms with Crippen molar-refractivity contribution in [2.24, 2.45) is 0 Å². The molecule has 6 nitrogen and oxygen atoms in total. The van der Waals surface area contributed by atoms with Crippen molar-refractivity contribution in [1.29, 1.82) is 0 Å². The van der Waals surface area contributed by atoms with E-state index in [1.165, 1.54) is 4.90 Å². The topological polar surface area (TPSA) is 74.0 Å². The van der Waals surface area contributed by atoms with Crippen LogP contribution in [0.15, 0.2) is 72.8 Å². The van der Waals surface area contributed by atoms with Gasteiger partial charge in [0.15, 0.2) is 0 Å². The Morgan fingerprint density at radius 2 is 1.30 bits per heavy atom. The summed E-state index contributed by atoms with van der Waals surface area (Å²) < 4.78 is 17.1. The molecule has 0 saturated carbocycles. The van der Waals surface area contributed by atoms with Crippen molar-refractivity contribution in [2.45, 2.75) is 26.4 Å². The quantitative estimate of drug-likeness (QED) is 0.509. The van der Waals surface area contributed by atoms with Crippen molar-refractivity contribution in [3.8, 4) is 23.0 Å². The fraction of sp³-hybridized carbons (Fsp3) is 0.208. The average molecular weight is 406 g/mol. The molecule has 0 aromatic heterocycles. The van der Waals surface area contributed by atoms with E-state index in [9.17, 15) is 4.79 Å². The summed E-state index contributed by atoms with van der Waals surface area (Å²) in [6.45, 7) is 5.44. The van der Waals surface area contributed by atoms with Gasteiger partial charge in [-0.3, -0.25) is 4.90 Å². The molecule has 2 N–H and O–H groups in total. The maximum absolute atomic E-state index is 12.4. The third-order valence-electron chi connectivity index (χ3n) is 4.07. The van der Waals surface area contributed by atoms with Crippen LogP contribution in [0.2, 0.25) is 0 Å². The average Bonchev–Trinajstić information content (AvgIpc) is 2.70. The molecule has 0 spiro atoms. The number of hydrogen-bond donors (Lipinski definition) is 1. The Hall–Kier alpha value is -3.67. The Labute approximate surface area is 176 Å². The molecule has 0 unspecified atom stereocenters. The largest absolute Gasteiger partial charge is 0.457 e. The first-order chi connectivity index (χ1) is 14.2. The highest BCUT2D eigenvalue weighted by Crippen LogP contribution is 2.32. The van der Waals surface area contributed by atoms with Crippen molar-refractivity contribution in [2.75, 3.05) is 17.7 Å². The van der Waals surface area contributed by atoms with E-state index < -0.39 is 11.7 Å². The van der Waals surface area contributed by atoms with Gasteiger partial charge in [0.1, 0.15) is 28.6 Å². The number of carbonyl (C=O) groups is 1. The normalized spacial score (nSPS) is 10.9. The third kappa shape index (κ3) is 5.67. The summed E-state index contributed by atoms with van der Waals surface area (Å²) >= 11 is 0. The first-order valence-electron chi connectivity index (χ1n) is 9.58. The molecule has 0 saturated heterocycles. The van der Waals surface area contributed by atoms with Crippen LogP contribution >= 0.6 is 0 Å². The molecule has 0 bridgehead atoms. The molecule has 3 rings (SSSR count). The van der Waals surface area contributed by atoms with Crippen molar-refractivity contribution in [1.82, 2.24) is 0 Å². The molecule has 156 valence electrons. The summed E-state index contributed by atoms with van der Waals surface area (Å²) in [4.78, 5) is 13.7. The van der Waals surface area contributed by atoms with Crippen LogP contribution in [-0.2, 0) is 4.74 Å². The summed E-state index contributed by atoms with van der Waals surface area (Å²) in [6.07, 6.45) is -0.492. The molecule has 1 amide bonds. The van der Waals surface area contributed by atoms with Crippen molar-refractivity contribution in [3.63, 3.8) is 0 Å². The van der Waals surface area contributed by atoms with Gasteiger partial charge in [0.05, 0.1) is 11.4 Å². The Bertz CT molecular complexity index is 996. The van der Waals surface area contributed by atoms with Crippen molar-refractivity contribution in [3.05, 3.63) is 72.8 Å². The Balaban J connectivity index is 1.71. The van der Waals surface area contributed by atoms with Crippen LogP contribution in [0.25, 0.3) is 0 Å². The monoisotopic (exact) mass is 406 g/mol. The molecular formula is C24H26N2O4. The van der Waals surface area contributed by atoms with Crippen molar-refractivity contribution < 1.29 is 19.0 Å². The highest BCUT2D eigenvalue weighted by molar-refractivity contribution is 5.91. The number of anilines is 2. The number of nitrogen functional groups attached to an aromatic ring is 1. The van der Waals surface area contributed by atoms with E-state index in [1.807, 2.05) is 75.4 Å². The fourth-order valence-electron chi connectivity index (χ4n) is 2.64.